The van der Waals surface area contributed by atoms with Crippen molar-refractivity contribution in [2.45, 2.75) is 12.5 Å². The lowest BCUT2D eigenvalue weighted by Crippen LogP contribution is -2.57. The van der Waals surface area contributed by atoms with Crippen LogP contribution in [0.3, 0.4) is 0 Å². The molecule has 0 amide bonds. The zero-order chi connectivity index (χ0) is 16.7. The van der Waals surface area contributed by atoms with Gasteiger partial charge in [0.15, 0.2) is 0 Å². The zero-order valence-corrected chi connectivity index (χ0v) is 14.3. The summed E-state index contributed by atoms with van der Waals surface area (Å²) in [6.07, 6.45) is 4.87. The maximum atomic E-state index is 6.25. The minimum atomic E-state index is 0.569. The molecule has 0 spiro atoms. The van der Waals surface area contributed by atoms with Crippen LogP contribution in [-0.4, -0.2) is 61.2 Å². The lowest BCUT2D eigenvalue weighted by atomic mass is 9.93. The average Bonchev–Trinajstić information content (AvgIpc) is 2.54. The summed E-state index contributed by atoms with van der Waals surface area (Å²) >= 11 is 0. The Morgan fingerprint density at radius 3 is 2.79 bits per heavy atom. The number of anilines is 2. The lowest BCUT2D eigenvalue weighted by Gasteiger charge is -2.45. The molecule has 1 aromatic heterocycles. The number of likely N-dealkylation sites (N-methyl/N-ethyl adjacent to an activating group) is 1. The van der Waals surface area contributed by atoms with E-state index in [9.17, 15) is 0 Å². The van der Waals surface area contributed by atoms with Crippen molar-refractivity contribution in [1.82, 2.24) is 20.2 Å². The number of hydrogen-bond acceptors (Lipinski definition) is 6. The summed E-state index contributed by atoms with van der Waals surface area (Å²) < 4.78 is 0. The van der Waals surface area contributed by atoms with Crippen LogP contribution in [0.25, 0.3) is 16.5 Å². The van der Waals surface area contributed by atoms with Crippen LogP contribution in [0.4, 0.5) is 11.5 Å². The van der Waals surface area contributed by atoms with Crippen LogP contribution < -0.4 is 16.0 Å². The van der Waals surface area contributed by atoms with Crippen molar-refractivity contribution in [2.75, 3.05) is 50.9 Å². The lowest BCUT2D eigenvalue weighted by molar-refractivity contribution is 0.247. The van der Waals surface area contributed by atoms with Crippen LogP contribution in [0, 0.1) is 0 Å². The number of nitrogens with zero attached hydrogens (tertiary/aromatic N) is 4. The second-order valence-electron chi connectivity index (χ2n) is 6.82. The molecule has 3 heterocycles. The van der Waals surface area contributed by atoms with Gasteiger partial charge in [-0.3, -0.25) is 0 Å². The number of nitrogen functional groups attached to an aromatic ring is 1. The monoisotopic (exact) mass is 324 g/mol. The summed E-state index contributed by atoms with van der Waals surface area (Å²) in [5.74, 6) is 0.569. The molecule has 4 rings (SSSR count). The number of rotatable bonds is 3. The highest BCUT2D eigenvalue weighted by Crippen LogP contribution is 2.40. The Morgan fingerprint density at radius 2 is 2.08 bits per heavy atom. The maximum Gasteiger partial charge on any atom is 0.136 e. The molecule has 3 N–H and O–H groups in total. The molecule has 0 aliphatic carbocycles. The molecular formula is C18H24N6. The van der Waals surface area contributed by atoms with Crippen molar-refractivity contribution in [1.29, 1.82) is 0 Å². The summed E-state index contributed by atoms with van der Waals surface area (Å²) in [4.78, 5) is 13.4. The number of aromatic nitrogens is 2. The number of hydrogen-bond donors (Lipinski definition) is 2. The van der Waals surface area contributed by atoms with Crippen LogP contribution in [0.1, 0.15) is 12.0 Å². The first-order chi connectivity index (χ1) is 11.6. The van der Waals surface area contributed by atoms with E-state index >= 15 is 0 Å². The van der Waals surface area contributed by atoms with Gasteiger partial charge in [0, 0.05) is 31.2 Å². The molecule has 2 aliphatic heterocycles. The fraction of sp³-hybridized carbons (Fsp3) is 0.444. The predicted molar refractivity (Wildman–Crippen MR) is 99.1 cm³/mol. The first-order valence-corrected chi connectivity index (χ1v) is 8.50. The van der Waals surface area contributed by atoms with E-state index in [1.54, 1.807) is 6.33 Å². The Kier molecular flexibility index (Phi) is 3.86. The van der Waals surface area contributed by atoms with Crippen LogP contribution in [-0.2, 0) is 0 Å². The third-order valence-corrected chi connectivity index (χ3v) is 5.12. The maximum absolute atomic E-state index is 6.25. The Labute approximate surface area is 142 Å². The van der Waals surface area contributed by atoms with Gasteiger partial charge in [0.1, 0.15) is 12.1 Å². The van der Waals surface area contributed by atoms with E-state index in [-0.39, 0.29) is 0 Å². The average molecular weight is 324 g/mol. The Morgan fingerprint density at radius 1 is 1.25 bits per heavy atom. The van der Waals surface area contributed by atoms with Gasteiger partial charge in [-0.1, -0.05) is 12.1 Å². The van der Waals surface area contributed by atoms with Gasteiger partial charge in [0.05, 0.1) is 16.6 Å². The molecule has 24 heavy (non-hydrogen) atoms. The van der Waals surface area contributed by atoms with E-state index in [4.69, 9.17) is 5.73 Å². The van der Waals surface area contributed by atoms with Gasteiger partial charge in [0.25, 0.3) is 0 Å². The minimum Gasteiger partial charge on any atom is -0.383 e. The molecule has 1 aromatic carbocycles. The summed E-state index contributed by atoms with van der Waals surface area (Å²) in [6.45, 7) is 3.97. The Balaban J connectivity index is 1.85. The van der Waals surface area contributed by atoms with Gasteiger partial charge in [-0.25, -0.2) is 9.97 Å². The van der Waals surface area contributed by atoms with Crippen molar-refractivity contribution >= 4 is 28.0 Å². The summed E-state index contributed by atoms with van der Waals surface area (Å²) in [7, 11) is 4.28. The third-order valence-electron chi connectivity index (χ3n) is 5.12. The van der Waals surface area contributed by atoms with E-state index in [1.165, 1.54) is 16.8 Å². The minimum absolute atomic E-state index is 0.569. The van der Waals surface area contributed by atoms with Crippen molar-refractivity contribution in [2.24, 2.45) is 0 Å². The number of fused-ring (bicyclic) bond motifs is 1. The van der Waals surface area contributed by atoms with Gasteiger partial charge < -0.3 is 20.9 Å². The van der Waals surface area contributed by atoms with Crippen LogP contribution >= 0.6 is 0 Å². The summed E-state index contributed by atoms with van der Waals surface area (Å²) in [5.41, 5.74) is 11.0. The van der Waals surface area contributed by atoms with Crippen LogP contribution in [0.2, 0.25) is 0 Å². The van der Waals surface area contributed by atoms with Crippen LogP contribution in [0.15, 0.2) is 24.5 Å². The molecule has 2 aliphatic rings. The molecule has 126 valence electrons. The van der Waals surface area contributed by atoms with Gasteiger partial charge >= 0.3 is 0 Å². The van der Waals surface area contributed by atoms with Gasteiger partial charge in [-0.2, -0.15) is 0 Å². The summed E-state index contributed by atoms with van der Waals surface area (Å²) in [5, 5.41) is 4.38. The molecule has 1 fully saturated rings. The highest BCUT2D eigenvalue weighted by molar-refractivity contribution is 6.04. The molecule has 0 saturated carbocycles. The standard InChI is InChI=1S/C18H24N6/c1-23(2)13-9-24(10-13)17-14(12-5-7-20-8-6-12)3-4-15-16(17)18(19)22-11-21-15/h3-5,11,13,20H,6-10H2,1-2H3,(H2,19,21,22). The topological polar surface area (TPSA) is 70.3 Å². The SMILES string of the molecule is CN(C)C1CN(c2c(C3=CCNCC3)ccc3ncnc(N)c23)C1. The van der Waals surface area contributed by atoms with Crippen molar-refractivity contribution < 1.29 is 0 Å². The van der Waals surface area contributed by atoms with E-state index in [0.29, 0.717) is 11.9 Å². The largest absolute Gasteiger partial charge is 0.383 e. The second kappa shape index (κ2) is 6.03. The van der Waals surface area contributed by atoms with Crippen LogP contribution in [0.5, 0.6) is 0 Å². The van der Waals surface area contributed by atoms with E-state index in [2.05, 4.69) is 57.4 Å². The molecule has 6 nitrogen and oxygen atoms in total. The van der Waals surface area contributed by atoms with Crippen molar-refractivity contribution in [3.63, 3.8) is 0 Å². The van der Waals surface area contributed by atoms with E-state index < -0.39 is 0 Å². The van der Waals surface area contributed by atoms with Crippen molar-refractivity contribution in [3.8, 4) is 0 Å². The van der Waals surface area contributed by atoms with Gasteiger partial charge in [0.2, 0.25) is 0 Å². The van der Waals surface area contributed by atoms with E-state index in [1.807, 2.05) is 0 Å². The highest BCUT2D eigenvalue weighted by atomic mass is 15.3. The van der Waals surface area contributed by atoms with Gasteiger partial charge in [-0.15, -0.1) is 0 Å². The molecule has 0 bridgehead atoms. The number of nitrogens with one attached hydrogen (secondary N) is 1. The Hall–Kier alpha value is -2.18. The molecule has 1 saturated heterocycles. The predicted octanol–water partition coefficient (Wildman–Crippen LogP) is 1.34. The first-order valence-electron chi connectivity index (χ1n) is 8.50. The number of benzene rings is 1. The first kappa shape index (κ1) is 15.4. The zero-order valence-electron chi connectivity index (χ0n) is 14.3. The summed E-state index contributed by atoms with van der Waals surface area (Å²) in [6, 6.07) is 4.85. The Bertz CT molecular complexity index is 791. The fourth-order valence-corrected chi connectivity index (χ4v) is 3.58. The fourth-order valence-electron chi connectivity index (χ4n) is 3.58. The second-order valence-corrected chi connectivity index (χ2v) is 6.82. The molecule has 6 heteroatoms. The smallest absolute Gasteiger partial charge is 0.136 e. The molecule has 0 unspecified atom stereocenters. The normalized spacial score (nSPS) is 18.8. The molecule has 0 radical (unpaired) electrons. The molecular weight excluding hydrogens is 300 g/mol. The molecule has 2 aromatic rings. The van der Waals surface area contributed by atoms with Gasteiger partial charge in [-0.05, 0) is 38.7 Å². The number of nitrogens with two attached hydrogens (primary N) is 1. The third kappa shape index (κ3) is 2.52. The highest BCUT2D eigenvalue weighted by Gasteiger charge is 2.32. The quantitative estimate of drug-likeness (QED) is 0.888. The van der Waals surface area contributed by atoms with E-state index in [0.717, 1.165) is 43.5 Å². The van der Waals surface area contributed by atoms with Crippen molar-refractivity contribution in [3.05, 3.63) is 30.1 Å². The molecule has 0 atom stereocenters.